The van der Waals surface area contributed by atoms with Crippen LogP contribution in [0.2, 0.25) is 10.0 Å². The molecule has 33 heavy (non-hydrogen) atoms. The summed E-state index contributed by atoms with van der Waals surface area (Å²) < 4.78 is 0. The Labute approximate surface area is 211 Å². The number of hydrogen-bond acceptors (Lipinski definition) is 5. The first-order valence-corrected chi connectivity index (χ1v) is 12.0. The molecular formula is C23H31Cl2N7S. The second-order valence-corrected chi connectivity index (χ2v) is 11.0. The van der Waals surface area contributed by atoms with Crippen molar-refractivity contribution in [3.8, 4) is 0 Å². The summed E-state index contributed by atoms with van der Waals surface area (Å²) in [6.45, 7) is 12.6. The summed E-state index contributed by atoms with van der Waals surface area (Å²) in [5.41, 5.74) is 2.27. The van der Waals surface area contributed by atoms with Gasteiger partial charge in [-0.1, -0.05) is 23.2 Å². The van der Waals surface area contributed by atoms with Crippen LogP contribution in [0, 0.1) is 13.8 Å². The second-order valence-electron chi connectivity index (χ2n) is 9.74. The van der Waals surface area contributed by atoms with E-state index < -0.39 is 0 Å². The number of thiocarbonyl (C=S) groups is 1. The van der Waals surface area contributed by atoms with E-state index in [2.05, 4.69) is 58.9 Å². The predicted molar refractivity (Wildman–Crippen MR) is 143 cm³/mol. The predicted octanol–water partition coefficient (Wildman–Crippen LogP) is 5.46. The van der Waals surface area contributed by atoms with Gasteiger partial charge in [0.15, 0.2) is 5.11 Å². The number of halogens is 2. The van der Waals surface area contributed by atoms with Crippen LogP contribution in [0.1, 0.15) is 51.9 Å². The van der Waals surface area contributed by atoms with Gasteiger partial charge in [-0.2, -0.15) is 0 Å². The number of benzene rings is 1. The second kappa shape index (κ2) is 10.1. The SMILES string of the molecule is Cc1cc(C)nc(NC(=NC2CC(C)(C)NC(C)(C)C2)NC(=S)Nc2ccc(Cl)cc2Cl)n1. The van der Waals surface area contributed by atoms with Gasteiger partial charge in [0, 0.05) is 27.5 Å². The lowest BCUT2D eigenvalue weighted by molar-refractivity contribution is 0.164. The first kappa shape index (κ1) is 25.6. The number of hydrogen-bond donors (Lipinski definition) is 4. The third-order valence-electron chi connectivity index (χ3n) is 5.10. The smallest absolute Gasteiger partial charge is 0.229 e. The third-order valence-corrected chi connectivity index (χ3v) is 5.86. The minimum Gasteiger partial charge on any atom is -0.331 e. The molecule has 0 spiro atoms. The van der Waals surface area contributed by atoms with E-state index in [0.717, 1.165) is 24.2 Å². The van der Waals surface area contributed by atoms with Crippen molar-refractivity contribution in [2.75, 3.05) is 10.6 Å². The van der Waals surface area contributed by atoms with E-state index in [0.29, 0.717) is 32.8 Å². The molecule has 3 rings (SSSR count). The van der Waals surface area contributed by atoms with Gasteiger partial charge in [0.2, 0.25) is 11.9 Å². The number of rotatable bonds is 3. The molecule has 178 valence electrons. The summed E-state index contributed by atoms with van der Waals surface area (Å²) >= 11 is 17.8. The summed E-state index contributed by atoms with van der Waals surface area (Å²) in [5.74, 6) is 0.930. The van der Waals surface area contributed by atoms with Crippen molar-refractivity contribution in [3.63, 3.8) is 0 Å². The van der Waals surface area contributed by atoms with E-state index in [4.69, 9.17) is 40.4 Å². The van der Waals surface area contributed by atoms with Crippen molar-refractivity contribution < 1.29 is 0 Å². The van der Waals surface area contributed by atoms with Gasteiger partial charge < -0.3 is 16.0 Å². The van der Waals surface area contributed by atoms with Gasteiger partial charge in [0.1, 0.15) is 0 Å². The average Bonchev–Trinajstić information content (AvgIpc) is 2.60. The highest BCUT2D eigenvalue weighted by atomic mass is 35.5. The van der Waals surface area contributed by atoms with Gasteiger partial charge in [-0.3, -0.25) is 5.32 Å². The highest BCUT2D eigenvalue weighted by Gasteiger charge is 2.37. The molecule has 0 unspecified atom stereocenters. The molecule has 2 aromatic rings. The molecule has 2 heterocycles. The van der Waals surface area contributed by atoms with Crippen molar-refractivity contribution in [1.82, 2.24) is 20.6 Å². The molecule has 1 aliphatic heterocycles. The maximum absolute atomic E-state index is 6.29. The van der Waals surface area contributed by atoms with Crippen molar-refractivity contribution in [1.29, 1.82) is 0 Å². The van der Waals surface area contributed by atoms with Crippen LogP contribution in [0.25, 0.3) is 0 Å². The Hall–Kier alpha value is -2.00. The molecule has 1 fully saturated rings. The Balaban J connectivity index is 1.85. The molecule has 0 aliphatic carbocycles. The summed E-state index contributed by atoms with van der Waals surface area (Å²) in [6, 6.07) is 7.16. The normalized spacial score (nSPS) is 18.0. The molecule has 0 saturated carbocycles. The molecular weight excluding hydrogens is 477 g/mol. The Morgan fingerprint density at radius 2 is 1.64 bits per heavy atom. The topological polar surface area (TPSA) is 86.3 Å². The molecule has 1 aromatic carbocycles. The number of aliphatic imine (C=N–C) groups is 1. The lowest BCUT2D eigenvalue weighted by Gasteiger charge is -2.45. The largest absolute Gasteiger partial charge is 0.331 e. The summed E-state index contributed by atoms with van der Waals surface area (Å²) in [7, 11) is 0. The van der Waals surface area contributed by atoms with Crippen LogP contribution in [0.4, 0.5) is 11.6 Å². The number of aromatic nitrogens is 2. The van der Waals surface area contributed by atoms with Crippen LogP contribution < -0.4 is 21.3 Å². The zero-order valence-electron chi connectivity index (χ0n) is 19.8. The van der Waals surface area contributed by atoms with E-state index in [1.54, 1.807) is 18.2 Å². The first-order valence-electron chi connectivity index (χ1n) is 10.8. The molecule has 0 amide bonds. The quantitative estimate of drug-likeness (QED) is 0.249. The molecule has 0 atom stereocenters. The van der Waals surface area contributed by atoms with E-state index in [-0.39, 0.29) is 17.1 Å². The van der Waals surface area contributed by atoms with E-state index in [9.17, 15) is 0 Å². The third kappa shape index (κ3) is 7.78. The summed E-state index contributed by atoms with van der Waals surface area (Å²) in [4.78, 5) is 14.0. The van der Waals surface area contributed by atoms with Gasteiger partial charge in [0.25, 0.3) is 0 Å². The van der Waals surface area contributed by atoms with E-state index in [1.165, 1.54) is 0 Å². The number of piperidine rings is 1. The average molecular weight is 509 g/mol. The molecule has 7 nitrogen and oxygen atoms in total. The van der Waals surface area contributed by atoms with E-state index >= 15 is 0 Å². The van der Waals surface area contributed by atoms with Crippen molar-refractivity contribution in [2.45, 2.75) is 71.5 Å². The monoisotopic (exact) mass is 507 g/mol. The zero-order valence-corrected chi connectivity index (χ0v) is 22.1. The molecule has 1 aliphatic rings. The fourth-order valence-electron chi connectivity index (χ4n) is 4.38. The van der Waals surface area contributed by atoms with Crippen LogP contribution in [0.5, 0.6) is 0 Å². The molecule has 0 bridgehead atoms. The Bertz CT molecular complexity index is 1030. The van der Waals surface area contributed by atoms with Gasteiger partial charge in [-0.25, -0.2) is 15.0 Å². The molecule has 4 N–H and O–H groups in total. The van der Waals surface area contributed by atoms with Crippen LogP contribution in [0.15, 0.2) is 29.3 Å². The highest BCUT2D eigenvalue weighted by molar-refractivity contribution is 7.80. The zero-order chi connectivity index (χ0) is 24.4. The first-order chi connectivity index (χ1) is 15.3. The lowest BCUT2D eigenvalue weighted by atomic mass is 9.80. The Morgan fingerprint density at radius 3 is 2.21 bits per heavy atom. The van der Waals surface area contributed by atoms with Gasteiger partial charge in [0.05, 0.1) is 16.8 Å². The van der Waals surface area contributed by atoms with Gasteiger partial charge in [-0.15, -0.1) is 0 Å². The minimum atomic E-state index is -0.0486. The molecule has 0 radical (unpaired) electrons. The van der Waals surface area contributed by atoms with Gasteiger partial charge >= 0.3 is 0 Å². The highest BCUT2D eigenvalue weighted by Crippen LogP contribution is 2.30. The van der Waals surface area contributed by atoms with Crippen molar-refractivity contribution in [3.05, 3.63) is 45.7 Å². The standard InChI is InChI=1S/C23H31Cl2N7S/c1-13-9-14(2)27-19(26-13)30-20(28-16-11-22(3,4)32-23(5,6)12-16)31-21(33)29-18-8-7-15(24)10-17(18)25/h7-10,16,32H,11-12H2,1-6H3,(H3,26,27,28,29,30,31,33). The summed E-state index contributed by atoms with van der Waals surface area (Å²) in [6.07, 6.45) is 1.75. The minimum absolute atomic E-state index is 0.0486. The lowest BCUT2D eigenvalue weighted by Crippen LogP contribution is -2.59. The molecule has 1 aromatic heterocycles. The Kier molecular flexibility index (Phi) is 7.84. The fourth-order valence-corrected chi connectivity index (χ4v) is 5.04. The number of nitrogens with zero attached hydrogens (tertiary/aromatic N) is 3. The number of guanidine groups is 1. The van der Waals surface area contributed by atoms with Crippen LogP contribution >= 0.6 is 35.4 Å². The van der Waals surface area contributed by atoms with Crippen molar-refractivity contribution in [2.24, 2.45) is 4.99 Å². The maximum atomic E-state index is 6.29. The van der Waals surface area contributed by atoms with Crippen LogP contribution in [-0.4, -0.2) is 38.2 Å². The van der Waals surface area contributed by atoms with Crippen LogP contribution in [0.3, 0.4) is 0 Å². The van der Waals surface area contributed by atoms with E-state index in [1.807, 2.05) is 19.9 Å². The van der Waals surface area contributed by atoms with Crippen LogP contribution in [-0.2, 0) is 0 Å². The number of nitrogens with one attached hydrogen (secondary N) is 4. The Morgan fingerprint density at radius 1 is 1.03 bits per heavy atom. The number of aryl methyl sites for hydroxylation is 2. The molecule has 1 saturated heterocycles. The molecule has 10 heteroatoms. The summed E-state index contributed by atoms with van der Waals surface area (Å²) in [5, 5.41) is 14.5. The van der Waals surface area contributed by atoms with Gasteiger partial charge in [-0.05, 0) is 90.9 Å². The number of anilines is 2. The maximum Gasteiger partial charge on any atom is 0.229 e. The van der Waals surface area contributed by atoms with Crippen molar-refractivity contribution >= 4 is 58.1 Å². The fraction of sp³-hybridized carbons (Fsp3) is 0.478.